The summed E-state index contributed by atoms with van der Waals surface area (Å²) in [4.78, 5) is 26.8. The molecule has 2 atom stereocenters. The number of hydrogen-bond acceptors (Lipinski definition) is 2. The van der Waals surface area contributed by atoms with Gasteiger partial charge in [0.15, 0.2) is 0 Å². The molecule has 1 saturated heterocycles. The molecule has 0 aromatic heterocycles. The van der Waals surface area contributed by atoms with Crippen LogP contribution in [0.25, 0.3) is 0 Å². The van der Waals surface area contributed by atoms with Crippen LogP contribution in [0.4, 0.5) is 4.79 Å². The van der Waals surface area contributed by atoms with E-state index in [1.54, 1.807) is 0 Å². The summed E-state index contributed by atoms with van der Waals surface area (Å²) in [7, 11) is 1.86. The van der Waals surface area contributed by atoms with E-state index in [0.29, 0.717) is 24.8 Å². The van der Waals surface area contributed by atoms with Gasteiger partial charge in [-0.25, -0.2) is 4.79 Å². The minimum atomic E-state index is -0.751. The predicted molar refractivity (Wildman–Crippen MR) is 78.6 cm³/mol. The summed E-state index contributed by atoms with van der Waals surface area (Å²) in [6, 6.07) is 0.285. The van der Waals surface area contributed by atoms with Crippen molar-refractivity contribution in [3.8, 4) is 0 Å². The van der Waals surface area contributed by atoms with Crippen molar-refractivity contribution in [2.75, 3.05) is 20.1 Å². The number of hydrogen-bond donors (Lipinski definition) is 1. The fourth-order valence-electron chi connectivity index (χ4n) is 2.65. The van der Waals surface area contributed by atoms with Gasteiger partial charge in [0.1, 0.15) is 0 Å². The topological polar surface area (TPSA) is 60.9 Å². The first-order valence-corrected chi connectivity index (χ1v) is 7.56. The Bertz CT molecular complexity index is 344. The molecule has 1 fully saturated rings. The molecule has 1 aliphatic heterocycles. The van der Waals surface area contributed by atoms with Crippen molar-refractivity contribution in [1.29, 1.82) is 0 Å². The number of likely N-dealkylation sites (tertiary alicyclic amines) is 1. The molecule has 0 aromatic rings. The van der Waals surface area contributed by atoms with Crippen molar-refractivity contribution >= 4 is 12.0 Å². The van der Waals surface area contributed by atoms with Gasteiger partial charge in [0, 0.05) is 32.6 Å². The molecule has 0 aromatic carbocycles. The largest absolute Gasteiger partial charge is 0.481 e. The summed E-state index contributed by atoms with van der Waals surface area (Å²) in [5.41, 5.74) is 0. The molecule has 5 heteroatoms. The minimum absolute atomic E-state index is 0.0752. The lowest BCUT2D eigenvalue weighted by Gasteiger charge is -2.38. The SMILES string of the molecule is CC(C)C(C)N(C)C(=O)N1CCCC(CCC(=O)O)C1. The molecule has 0 saturated carbocycles. The zero-order valence-electron chi connectivity index (χ0n) is 13.1. The van der Waals surface area contributed by atoms with E-state index in [-0.39, 0.29) is 18.5 Å². The van der Waals surface area contributed by atoms with E-state index in [1.165, 1.54) is 0 Å². The number of nitrogens with zero attached hydrogens (tertiary/aromatic N) is 2. The lowest BCUT2D eigenvalue weighted by molar-refractivity contribution is -0.137. The molecular weight excluding hydrogens is 256 g/mol. The lowest BCUT2D eigenvalue weighted by atomic mass is 9.93. The summed E-state index contributed by atoms with van der Waals surface area (Å²) in [6.45, 7) is 7.77. The average molecular weight is 284 g/mol. The number of carbonyl (C=O) groups is 2. The molecule has 1 rings (SSSR count). The van der Waals surface area contributed by atoms with Crippen LogP contribution in [0, 0.1) is 11.8 Å². The molecule has 2 amide bonds. The smallest absolute Gasteiger partial charge is 0.319 e. The number of carboxylic acid groups (broad SMARTS) is 1. The first kappa shape index (κ1) is 16.8. The van der Waals surface area contributed by atoms with Crippen LogP contribution in [-0.2, 0) is 4.79 Å². The van der Waals surface area contributed by atoms with E-state index in [0.717, 1.165) is 19.4 Å². The summed E-state index contributed by atoms with van der Waals surface area (Å²) in [5.74, 6) is 0.00195. The van der Waals surface area contributed by atoms with Crippen LogP contribution in [-0.4, -0.2) is 53.1 Å². The number of carboxylic acids is 1. The van der Waals surface area contributed by atoms with Crippen molar-refractivity contribution in [2.45, 2.75) is 52.5 Å². The van der Waals surface area contributed by atoms with Crippen molar-refractivity contribution in [1.82, 2.24) is 9.80 Å². The number of aliphatic carboxylic acids is 1. The Morgan fingerprint density at radius 3 is 2.55 bits per heavy atom. The van der Waals surface area contributed by atoms with Crippen LogP contribution in [0.5, 0.6) is 0 Å². The highest BCUT2D eigenvalue weighted by Gasteiger charge is 2.28. The van der Waals surface area contributed by atoms with Gasteiger partial charge in [-0.1, -0.05) is 13.8 Å². The van der Waals surface area contributed by atoms with Gasteiger partial charge in [-0.2, -0.15) is 0 Å². The number of rotatable bonds is 5. The first-order chi connectivity index (χ1) is 9.32. The molecule has 1 N–H and O–H groups in total. The fraction of sp³-hybridized carbons (Fsp3) is 0.867. The van der Waals surface area contributed by atoms with Crippen LogP contribution < -0.4 is 0 Å². The van der Waals surface area contributed by atoms with Crippen LogP contribution in [0.15, 0.2) is 0 Å². The minimum Gasteiger partial charge on any atom is -0.481 e. The monoisotopic (exact) mass is 284 g/mol. The van der Waals surface area contributed by atoms with E-state index in [9.17, 15) is 9.59 Å². The Balaban J connectivity index is 2.53. The number of amides is 2. The van der Waals surface area contributed by atoms with Crippen LogP contribution >= 0.6 is 0 Å². The Labute approximate surface area is 121 Å². The maximum atomic E-state index is 12.5. The fourth-order valence-corrected chi connectivity index (χ4v) is 2.65. The van der Waals surface area contributed by atoms with Gasteiger partial charge >= 0.3 is 12.0 Å². The van der Waals surface area contributed by atoms with Gasteiger partial charge in [-0.15, -0.1) is 0 Å². The van der Waals surface area contributed by atoms with E-state index in [4.69, 9.17) is 5.11 Å². The van der Waals surface area contributed by atoms with E-state index < -0.39 is 5.97 Å². The molecule has 116 valence electrons. The Morgan fingerprint density at radius 1 is 1.35 bits per heavy atom. The maximum absolute atomic E-state index is 12.5. The van der Waals surface area contributed by atoms with Crippen LogP contribution in [0.2, 0.25) is 0 Å². The molecule has 20 heavy (non-hydrogen) atoms. The molecule has 0 aliphatic carbocycles. The second-order valence-corrected chi connectivity index (χ2v) is 6.26. The molecule has 2 unspecified atom stereocenters. The third-order valence-electron chi connectivity index (χ3n) is 4.43. The van der Waals surface area contributed by atoms with Crippen molar-refractivity contribution in [3.63, 3.8) is 0 Å². The molecule has 0 spiro atoms. The van der Waals surface area contributed by atoms with E-state index in [2.05, 4.69) is 20.8 Å². The number of urea groups is 1. The maximum Gasteiger partial charge on any atom is 0.319 e. The summed E-state index contributed by atoms with van der Waals surface area (Å²) in [5, 5.41) is 8.75. The zero-order valence-corrected chi connectivity index (χ0v) is 13.1. The van der Waals surface area contributed by atoms with E-state index in [1.807, 2.05) is 16.8 Å². The summed E-state index contributed by atoms with van der Waals surface area (Å²) >= 11 is 0. The van der Waals surface area contributed by atoms with Gasteiger partial charge < -0.3 is 14.9 Å². The Kier molecular flexibility index (Phi) is 6.30. The van der Waals surface area contributed by atoms with Crippen LogP contribution in [0.3, 0.4) is 0 Å². The Hall–Kier alpha value is -1.26. The summed E-state index contributed by atoms with van der Waals surface area (Å²) in [6.07, 6.45) is 2.87. The second kappa shape index (κ2) is 7.50. The average Bonchev–Trinajstić information content (AvgIpc) is 2.42. The number of carbonyl (C=O) groups excluding carboxylic acids is 1. The molecule has 1 aliphatic rings. The predicted octanol–water partition coefficient (Wildman–Crippen LogP) is 2.66. The van der Waals surface area contributed by atoms with Gasteiger partial charge in [-0.05, 0) is 38.0 Å². The third kappa shape index (κ3) is 4.69. The van der Waals surface area contributed by atoms with Crippen molar-refractivity contribution in [2.24, 2.45) is 11.8 Å². The molecule has 0 radical (unpaired) electrons. The van der Waals surface area contributed by atoms with Gasteiger partial charge in [0.25, 0.3) is 0 Å². The van der Waals surface area contributed by atoms with Crippen molar-refractivity contribution in [3.05, 3.63) is 0 Å². The van der Waals surface area contributed by atoms with Gasteiger partial charge in [-0.3, -0.25) is 4.79 Å². The molecular formula is C15H28N2O3. The zero-order chi connectivity index (χ0) is 15.3. The highest BCUT2D eigenvalue weighted by molar-refractivity contribution is 5.74. The molecule has 5 nitrogen and oxygen atoms in total. The summed E-state index contributed by atoms with van der Waals surface area (Å²) < 4.78 is 0. The van der Waals surface area contributed by atoms with Gasteiger partial charge in [0.05, 0.1) is 0 Å². The molecule has 1 heterocycles. The van der Waals surface area contributed by atoms with E-state index >= 15 is 0 Å². The Morgan fingerprint density at radius 2 is 2.00 bits per heavy atom. The standard InChI is InChI=1S/C15H28N2O3/c1-11(2)12(3)16(4)15(20)17-9-5-6-13(10-17)7-8-14(18)19/h11-13H,5-10H2,1-4H3,(H,18,19). The van der Waals surface area contributed by atoms with Gasteiger partial charge in [0.2, 0.25) is 0 Å². The highest BCUT2D eigenvalue weighted by atomic mass is 16.4. The first-order valence-electron chi connectivity index (χ1n) is 7.56. The third-order valence-corrected chi connectivity index (χ3v) is 4.43. The number of piperidine rings is 1. The molecule has 0 bridgehead atoms. The van der Waals surface area contributed by atoms with Crippen LogP contribution in [0.1, 0.15) is 46.5 Å². The second-order valence-electron chi connectivity index (χ2n) is 6.26. The lowest BCUT2D eigenvalue weighted by Crippen LogP contribution is -2.50. The normalized spacial score (nSPS) is 20.9. The van der Waals surface area contributed by atoms with Crippen molar-refractivity contribution < 1.29 is 14.7 Å². The highest BCUT2D eigenvalue weighted by Crippen LogP contribution is 2.22. The quantitative estimate of drug-likeness (QED) is 0.844.